The highest BCUT2D eigenvalue weighted by atomic mass is 79.9. The van der Waals surface area contributed by atoms with Crippen molar-refractivity contribution >= 4 is 33.7 Å². The molecule has 2 aromatic rings. The second-order valence-electron chi connectivity index (χ2n) is 5.66. The van der Waals surface area contributed by atoms with E-state index < -0.39 is 6.03 Å². The maximum Gasteiger partial charge on any atom is 0.325 e. The molecule has 3 rings (SSSR count). The Hall–Kier alpha value is -2.41. The van der Waals surface area contributed by atoms with E-state index in [4.69, 9.17) is 0 Å². The third kappa shape index (κ3) is 2.87. The van der Waals surface area contributed by atoms with Crippen LogP contribution >= 0.6 is 15.9 Å². The van der Waals surface area contributed by atoms with Crippen LogP contribution in [0.15, 0.2) is 34.8 Å². The molecule has 0 radical (unpaired) electrons. The van der Waals surface area contributed by atoms with Crippen LogP contribution in [-0.2, 0) is 4.79 Å². The Labute approximate surface area is 147 Å². The lowest BCUT2D eigenvalue weighted by molar-refractivity contribution is -0.124. The molecule has 24 heavy (non-hydrogen) atoms. The molecule has 2 heterocycles. The number of nitrogens with one attached hydrogen (secondary N) is 1. The average molecular weight is 390 g/mol. The van der Waals surface area contributed by atoms with E-state index in [1.165, 1.54) is 0 Å². The smallest absolute Gasteiger partial charge is 0.325 e. The molecule has 1 aliphatic heterocycles. The maximum absolute atomic E-state index is 12.6. The van der Waals surface area contributed by atoms with Gasteiger partial charge < -0.3 is 9.88 Å². The van der Waals surface area contributed by atoms with E-state index in [-0.39, 0.29) is 24.8 Å². The number of nitrogens with zero attached hydrogens (tertiary/aromatic N) is 2. The summed E-state index contributed by atoms with van der Waals surface area (Å²) in [6.07, 6.45) is 0. The Morgan fingerprint density at radius 3 is 2.46 bits per heavy atom. The Balaban J connectivity index is 1.91. The molecule has 0 spiro atoms. The Morgan fingerprint density at radius 2 is 1.88 bits per heavy atom. The zero-order chi connectivity index (χ0) is 17.4. The van der Waals surface area contributed by atoms with Gasteiger partial charge >= 0.3 is 6.03 Å². The number of hydrogen-bond donors (Lipinski definition) is 1. The number of amides is 3. The number of aromatic nitrogens is 1. The predicted molar refractivity (Wildman–Crippen MR) is 92.4 cm³/mol. The fourth-order valence-electron chi connectivity index (χ4n) is 2.88. The highest BCUT2D eigenvalue weighted by Gasteiger charge is 2.31. The number of halogens is 1. The third-order valence-electron chi connectivity index (χ3n) is 4.06. The van der Waals surface area contributed by atoms with Crippen LogP contribution in [0.4, 0.5) is 4.79 Å². The number of ketones is 1. The number of Topliss-reactive ketones (excluding diaryl/α,β-unsaturated/α-hetero) is 1. The number of aryl methyl sites for hydroxylation is 1. The molecule has 1 aliphatic rings. The van der Waals surface area contributed by atoms with Crippen LogP contribution in [0.3, 0.4) is 0 Å². The molecular weight excluding hydrogens is 374 g/mol. The minimum Gasteiger partial charge on any atom is -0.329 e. The van der Waals surface area contributed by atoms with E-state index in [1.807, 2.05) is 42.7 Å². The molecule has 3 amide bonds. The normalized spacial score (nSPS) is 14.2. The summed E-state index contributed by atoms with van der Waals surface area (Å²) in [7, 11) is 0. The van der Waals surface area contributed by atoms with E-state index in [9.17, 15) is 14.4 Å². The first-order valence-electron chi connectivity index (χ1n) is 7.44. The second-order valence-corrected chi connectivity index (χ2v) is 6.57. The van der Waals surface area contributed by atoms with Crippen molar-refractivity contribution in [2.75, 3.05) is 13.1 Å². The Bertz CT molecular complexity index is 824. The van der Waals surface area contributed by atoms with E-state index in [0.29, 0.717) is 5.56 Å². The minimum absolute atomic E-state index is 0.0516. The van der Waals surface area contributed by atoms with Crippen molar-refractivity contribution in [3.8, 4) is 5.69 Å². The van der Waals surface area contributed by atoms with Crippen LogP contribution in [0.1, 0.15) is 21.7 Å². The highest BCUT2D eigenvalue weighted by Crippen LogP contribution is 2.23. The standard InChI is InChI=1S/C17H16BrN3O3/c1-10-7-14(15(22)9-20-16(23)8-19-17(20)24)11(2)21(10)13-5-3-12(18)4-6-13/h3-7H,8-9H2,1-2H3,(H,19,24). The fourth-order valence-corrected chi connectivity index (χ4v) is 3.14. The van der Waals surface area contributed by atoms with Crippen LogP contribution in [-0.4, -0.2) is 40.3 Å². The predicted octanol–water partition coefficient (Wildman–Crippen LogP) is 2.59. The monoisotopic (exact) mass is 389 g/mol. The van der Waals surface area contributed by atoms with Crippen molar-refractivity contribution in [2.45, 2.75) is 13.8 Å². The lowest BCUT2D eigenvalue weighted by Gasteiger charge is -2.12. The van der Waals surface area contributed by atoms with Gasteiger partial charge in [-0.1, -0.05) is 15.9 Å². The van der Waals surface area contributed by atoms with E-state index in [0.717, 1.165) is 26.4 Å². The van der Waals surface area contributed by atoms with Crippen LogP contribution in [0.25, 0.3) is 5.69 Å². The highest BCUT2D eigenvalue weighted by molar-refractivity contribution is 9.10. The molecule has 1 saturated heterocycles. The zero-order valence-electron chi connectivity index (χ0n) is 13.3. The van der Waals surface area contributed by atoms with E-state index >= 15 is 0 Å². The lowest BCUT2D eigenvalue weighted by atomic mass is 10.1. The van der Waals surface area contributed by atoms with Gasteiger partial charge in [0.15, 0.2) is 5.78 Å². The molecule has 0 atom stereocenters. The molecule has 1 N–H and O–H groups in total. The quantitative estimate of drug-likeness (QED) is 0.645. The second kappa shape index (κ2) is 6.24. The van der Waals surface area contributed by atoms with Crippen LogP contribution in [0.5, 0.6) is 0 Å². The van der Waals surface area contributed by atoms with E-state index in [2.05, 4.69) is 21.2 Å². The van der Waals surface area contributed by atoms with Gasteiger partial charge in [-0.05, 0) is 44.2 Å². The summed E-state index contributed by atoms with van der Waals surface area (Å²) in [5, 5.41) is 2.41. The molecule has 0 aliphatic carbocycles. The first kappa shape index (κ1) is 16.4. The van der Waals surface area contributed by atoms with Crippen LogP contribution < -0.4 is 5.32 Å². The van der Waals surface area contributed by atoms with Gasteiger partial charge in [-0.25, -0.2) is 4.79 Å². The van der Waals surface area contributed by atoms with Gasteiger partial charge in [-0.3, -0.25) is 14.5 Å². The van der Waals surface area contributed by atoms with Crippen LogP contribution in [0, 0.1) is 13.8 Å². The number of hydrogen-bond acceptors (Lipinski definition) is 3. The largest absolute Gasteiger partial charge is 0.329 e. The van der Waals surface area contributed by atoms with Crippen molar-refractivity contribution in [1.29, 1.82) is 0 Å². The SMILES string of the molecule is Cc1cc(C(=O)CN2C(=O)CNC2=O)c(C)n1-c1ccc(Br)cc1. The number of carbonyl (C=O) groups excluding carboxylic acids is 3. The first-order valence-corrected chi connectivity index (χ1v) is 8.24. The molecule has 6 nitrogen and oxygen atoms in total. The summed E-state index contributed by atoms with van der Waals surface area (Å²) in [5.41, 5.74) is 3.16. The molecule has 0 unspecified atom stereocenters. The van der Waals surface area contributed by atoms with Crippen molar-refractivity contribution in [1.82, 2.24) is 14.8 Å². The van der Waals surface area contributed by atoms with Gasteiger partial charge in [-0.15, -0.1) is 0 Å². The van der Waals surface area contributed by atoms with Crippen LogP contribution in [0.2, 0.25) is 0 Å². The number of urea groups is 1. The summed E-state index contributed by atoms with van der Waals surface area (Å²) in [6.45, 7) is 3.48. The van der Waals surface area contributed by atoms with Gasteiger partial charge in [0.2, 0.25) is 5.91 Å². The van der Waals surface area contributed by atoms with Crippen molar-refractivity contribution in [2.24, 2.45) is 0 Å². The fraction of sp³-hybridized carbons (Fsp3) is 0.235. The molecule has 124 valence electrons. The molecule has 1 fully saturated rings. The van der Waals surface area contributed by atoms with Gasteiger partial charge in [-0.2, -0.15) is 0 Å². The maximum atomic E-state index is 12.6. The minimum atomic E-state index is -0.518. The summed E-state index contributed by atoms with van der Waals surface area (Å²) in [5.74, 6) is -0.632. The number of rotatable bonds is 4. The molecule has 1 aromatic carbocycles. The molecular formula is C17H16BrN3O3. The van der Waals surface area contributed by atoms with Crippen molar-refractivity contribution in [3.05, 3.63) is 51.8 Å². The lowest BCUT2D eigenvalue weighted by Crippen LogP contribution is -2.35. The van der Waals surface area contributed by atoms with Gasteiger partial charge in [0, 0.05) is 27.1 Å². The average Bonchev–Trinajstić information content (AvgIpc) is 3.02. The molecule has 0 bridgehead atoms. The van der Waals surface area contributed by atoms with Crippen molar-refractivity contribution in [3.63, 3.8) is 0 Å². The van der Waals surface area contributed by atoms with Gasteiger partial charge in [0.25, 0.3) is 0 Å². The van der Waals surface area contributed by atoms with Crippen molar-refractivity contribution < 1.29 is 14.4 Å². The number of benzene rings is 1. The third-order valence-corrected chi connectivity index (χ3v) is 4.58. The topological polar surface area (TPSA) is 71.4 Å². The first-order chi connectivity index (χ1) is 11.4. The number of carbonyl (C=O) groups is 3. The Morgan fingerprint density at radius 1 is 1.21 bits per heavy atom. The summed E-state index contributed by atoms with van der Waals surface area (Å²) < 4.78 is 2.95. The number of imide groups is 1. The van der Waals surface area contributed by atoms with Gasteiger partial charge in [0.1, 0.15) is 0 Å². The molecule has 7 heteroatoms. The molecule has 1 aromatic heterocycles. The van der Waals surface area contributed by atoms with E-state index in [1.54, 1.807) is 6.07 Å². The van der Waals surface area contributed by atoms with Gasteiger partial charge in [0.05, 0.1) is 13.1 Å². The zero-order valence-corrected chi connectivity index (χ0v) is 14.9. The molecule has 0 saturated carbocycles. The summed E-state index contributed by atoms with van der Waals surface area (Å²) >= 11 is 3.40. The summed E-state index contributed by atoms with van der Waals surface area (Å²) in [6, 6.07) is 9.05. The summed E-state index contributed by atoms with van der Waals surface area (Å²) in [4.78, 5) is 36.8. The Kier molecular flexibility index (Phi) is 4.28.